The summed E-state index contributed by atoms with van der Waals surface area (Å²) in [7, 11) is 0. The lowest BCUT2D eigenvalue weighted by molar-refractivity contribution is -0.115. The molecule has 20 heavy (non-hydrogen) atoms. The molecule has 1 aromatic carbocycles. The second kappa shape index (κ2) is 5.75. The molecule has 0 aliphatic rings. The molecule has 0 aliphatic carbocycles. The topological polar surface area (TPSA) is 86.6 Å². The molecule has 0 saturated heterocycles. The molecular weight excluding hydrogens is 278 g/mol. The minimum Gasteiger partial charge on any atom is -0.508 e. The molecule has 6 heteroatoms. The lowest BCUT2D eigenvalue weighted by atomic mass is 10.1. The number of phenols is 1. The molecule has 0 aliphatic heterocycles. The van der Waals surface area contributed by atoms with Crippen LogP contribution >= 0.6 is 11.3 Å². The predicted octanol–water partition coefficient (Wildman–Crippen LogP) is 2.64. The Morgan fingerprint density at radius 1 is 1.30 bits per heavy atom. The predicted molar refractivity (Wildman–Crippen MR) is 76.5 cm³/mol. The zero-order valence-corrected chi connectivity index (χ0v) is 11.5. The number of benzene rings is 1. The Morgan fingerprint density at radius 2 is 2.05 bits per heavy atom. The van der Waals surface area contributed by atoms with E-state index in [-0.39, 0.29) is 23.0 Å². The number of carboxylic acids is 1. The first-order valence-electron chi connectivity index (χ1n) is 5.87. The Bertz CT molecular complexity index is 663. The van der Waals surface area contributed by atoms with E-state index in [1.54, 1.807) is 25.1 Å². The minimum atomic E-state index is -0.999. The number of carboxylic acid groups (broad SMARTS) is 1. The average Bonchev–Trinajstić information content (AvgIpc) is 2.70. The van der Waals surface area contributed by atoms with E-state index in [1.165, 1.54) is 12.1 Å². The molecule has 2 rings (SSSR count). The van der Waals surface area contributed by atoms with Gasteiger partial charge in [-0.25, -0.2) is 4.79 Å². The number of anilines is 1. The second-order valence-corrected chi connectivity index (χ2v) is 5.37. The number of carbonyl (C=O) groups excluding carboxylic acids is 1. The number of thiophene rings is 1. The lowest BCUT2D eigenvalue weighted by Gasteiger charge is -2.03. The maximum absolute atomic E-state index is 11.9. The van der Waals surface area contributed by atoms with Gasteiger partial charge in [-0.05, 0) is 36.2 Å². The average molecular weight is 291 g/mol. The van der Waals surface area contributed by atoms with Crippen LogP contribution in [0.3, 0.4) is 0 Å². The van der Waals surface area contributed by atoms with Crippen molar-refractivity contribution in [1.82, 2.24) is 0 Å². The number of phenolic OH excluding ortho intramolecular Hbond substituents is 1. The van der Waals surface area contributed by atoms with Crippen molar-refractivity contribution in [2.75, 3.05) is 5.32 Å². The van der Waals surface area contributed by atoms with Crippen LogP contribution < -0.4 is 5.32 Å². The Labute approximate surface area is 119 Å². The maximum Gasteiger partial charge on any atom is 0.346 e. The number of amides is 1. The molecule has 104 valence electrons. The third kappa shape index (κ3) is 3.36. The first kappa shape index (κ1) is 14.1. The van der Waals surface area contributed by atoms with Gasteiger partial charge in [0.05, 0.1) is 11.4 Å². The Kier molecular flexibility index (Phi) is 4.05. The quantitative estimate of drug-likeness (QED) is 0.808. The number of carbonyl (C=O) groups is 2. The molecule has 0 atom stereocenters. The summed E-state index contributed by atoms with van der Waals surface area (Å²) in [5, 5.41) is 21.4. The van der Waals surface area contributed by atoms with Gasteiger partial charge in [-0.2, -0.15) is 0 Å². The van der Waals surface area contributed by atoms with E-state index in [2.05, 4.69) is 5.32 Å². The van der Waals surface area contributed by atoms with Crippen molar-refractivity contribution in [3.8, 4) is 5.75 Å². The number of aryl methyl sites for hydroxylation is 1. The van der Waals surface area contributed by atoms with Crippen molar-refractivity contribution in [2.24, 2.45) is 0 Å². The van der Waals surface area contributed by atoms with E-state index in [1.807, 2.05) is 0 Å². The third-order valence-electron chi connectivity index (χ3n) is 2.65. The number of aromatic hydroxyl groups is 1. The lowest BCUT2D eigenvalue weighted by Crippen LogP contribution is -2.13. The van der Waals surface area contributed by atoms with Crippen LogP contribution in [0.2, 0.25) is 0 Å². The molecule has 3 N–H and O–H groups in total. The van der Waals surface area contributed by atoms with Crippen LogP contribution in [-0.2, 0) is 11.2 Å². The number of hydrogen-bond acceptors (Lipinski definition) is 4. The molecule has 1 heterocycles. The van der Waals surface area contributed by atoms with Crippen molar-refractivity contribution in [3.05, 3.63) is 46.3 Å². The molecule has 0 saturated carbocycles. The summed E-state index contributed by atoms with van der Waals surface area (Å²) in [6, 6.07) is 8.08. The van der Waals surface area contributed by atoms with Gasteiger partial charge in [0, 0.05) is 0 Å². The summed E-state index contributed by atoms with van der Waals surface area (Å²) in [6.07, 6.45) is 0.119. The van der Waals surface area contributed by atoms with Gasteiger partial charge >= 0.3 is 5.97 Å². The standard InChI is InChI=1S/C14H13NO4S/c1-8-5-12(20-13(8)14(18)19)15-11(17)7-9-3-2-4-10(16)6-9/h2-6,16H,7H2,1H3,(H,15,17)(H,18,19). The van der Waals surface area contributed by atoms with Crippen LogP contribution in [0.5, 0.6) is 5.75 Å². The van der Waals surface area contributed by atoms with Crippen LogP contribution in [0, 0.1) is 6.92 Å². The highest BCUT2D eigenvalue weighted by atomic mass is 32.1. The molecule has 1 aromatic heterocycles. The minimum absolute atomic E-state index is 0.107. The monoisotopic (exact) mass is 291 g/mol. The fourth-order valence-electron chi connectivity index (χ4n) is 1.79. The second-order valence-electron chi connectivity index (χ2n) is 4.32. The SMILES string of the molecule is Cc1cc(NC(=O)Cc2cccc(O)c2)sc1C(=O)O. The summed E-state index contributed by atoms with van der Waals surface area (Å²) in [5.41, 5.74) is 1.31. The number of rotatable bonds is 4. The molecule has 1 amide bonds. The smallest absolute Gasteiger partial charge is 0.346 e. The number of aromatic carboxylic acids is 1. The molecule has 2 aromatic rings. The number of nitrogens with one attached hydrogen (secondary N) is 1. The van der Waals surface area contributed by atoms with Gasteiger partial charge < -0.3 is 15.5 Å². The van der Waals surface area contributed by atoms with Crippen molar-refractivity contribution >= 4 is 28.2 Å². The van der Waals surface area contributed by atoms with Crippen LogP contribution in [0.25, 0.3) is 0 Å². The Balaban J connectivity index is 2.05. The third-order valence-corrected chi connectivity index (χ3v) is 3.79. The van der Waals surface area contributed by atoms with Crippen LogP contribution in [0.4, 0.5) is 5.00 Å². The van der Waals surface area contributed by atoms with Gasteiger partial charge in [-0.1, -0.05) is 12.1 Å². The molecular formula is C14H13NO4S. The fraction of sp³-hybridized carbons (Fsp3) is 0.143. The first-order valence-corrected chi connectivity index (χ1v) is 6.69. The van der Waals surface area contributed by atoms with E-state index in [4.69, 9.17) is 5.11 Å². The molecule has 0 unspecified atom stereocenters. The van der Waals surface area contributed by atoms with Gasteiger partial charge in [0.1, 0.15) is 10.6 Å². The molecule has 0 radical (unpaired) electrons. The van der Waals surface area contributed by atoms with Gasteiger partial charge in [-0.3, -0.25) is 4.79 Å². The largest absolute Gasteiger partial charge is 0.508 e. The summed E-state index contributed by atoms with van der Waals surface area (Å²) >= 11 is 1.03. The Hall–Kier alpha value is -2.34. The van der Waals surface area contributed by atoms with E-state index in [9.17, 15) is 14.7 Å². The molecule has 0 spiro atoms. The summed E-state index contributed by atoms with van der Waals surface area (Å²) in [4.78, 5) is 23.0. The van der Waals surface area contributed by atoms with Crippen molar-refractivity contribution in [3.63, 3.8) is 0 Å². The molecule has 0 fully saturated rings. The summed E-state index contributed by atoms with van der Waals surface area (Å²) in [5.74, 6) is -1.15. The zero-order valence-electron chi connectivity index (χ0n) is 10.7. The van der Waals surface area contributed by atoms with Crippen molar-refractivity contribution in [1.29, 1.82) is 0 Å². The van der Waals surface area contributed by atoms with Crippen LogP contribution in [0.15, 0.2) is 30.3 Å². The number of hydrogen-bond donors (Lipinski definition) is 3. The van der Waals surface area contributed by atoms with E-state index in [0.717, 1.165) is 11.3 Å². The Morgan fingerprint density at radius 3 is 2.65 bits per heavy atom. The van der Waals surface area contributed by atoms with Gasteiger partial charge in [0.2, 0.25) is 5.91 Å². The maximum atomic E-state index is 11.9. The van der Waals surface area contributed by atoms with Crippen LogP contribution in [0.1, 0.15) is 20.8 Å². The summed E-state index contributed by atoms with van der Waals surface area (Å²) in [6.45, 7) is 1.69. The fourth-order valence-corrected chi connectivity index (χ4v) is 2.72. The highest BCUT2D eigenvalue weighted by molar-refractivity contribution is 7.18. The van der Waals surface area contributed by atoms with Gasteiger partial charge in [0.15, 0.2) is 0 Å². The van der Waals surface area contributed by atoms with Crippen molar-refractivity contribution < 1.29 is 19.8 Å². The zero-order chi connectivity index (χ0) is 14.7. The van der Waals surface area contributed by atoms with Crippen LogP contribution in [-0.4, -0.2) is 22.1 Å². The van der Waals surface area contributed by atoms with E-state index in [0.29, 0.717) is 16.1 Å². The van der Waals surface area contributed by atoms with E-state index < -0.39 is 5.97 Å². The van der Waals surface area contributed by atoms with Gasteiger partial charge in [-0.15, -0.1) is 11.3 Å². The highest BCUT2D eigenvalue weighted by Crippen LogP contribution is 2.26. The van der Waals surface area contributed by atoms with Crippen molar-refractivity contribution in [2.45, 2.75) is 13.3 Å². The first-order chi connectivity index (χ1) is 9.45. The van der Waals surface area contributed by atoms with Gasteiger partial charge in [0.25, 0.3) is 0 Å². The highest BCUT2D eigenvalue weighted by Gasteiger charge is 2.13. The normalized spacial score (nSPS) is 10.2. The molecule has 0 bridgehead atoms. The summed E-state index contributed by atoms with van der Waals surface area (Å²) < 4.78 is 0. The van der Waals surface area contributed by atoms with E-state index >= 15 is 0 Å². The molecule has 5 nitrogen and oxygen atoms in total.